The molecule has 0 fully saturated rings. The smallest absolute Gasteiger partial charge is 0.252 e. The standard InChI is InChI=1S/C22H27N3O/c1-14-6-7-23-20(10-14)11-17(4)25(5)13-19-12-18-9-15(2)8-16(3)21(18)24-22(19)26/h6-10,12,17H,11,13H2,1-5H3,(H,24,26)/t17-/m1/s1. The molecular weight excluding hydrogens is 322 g/mol. The highest BCUT2D eigenvalue weighted by atomic mass is 16.1. The number of aryl methyl sites for hydroxylation is 3. The first-order valence-corrected chi connectivity index (χ1v) is 9.08. The largest absolute Gasteiger partial charge is 0.321 e. The normalized spacial score (nSPS) is 12.7. The predicted molar refractivity (Wildman–Crippen MR) is 108 cm³/mol. The number of benzene rings is 1. The van der Waals surface area contributed by atoms with Gasteiger partial charge in [0.2, 0.25) is 0 Å². The SMILES string of the molecule is Cc1ccnc(C[C@@H](C)N(C)Cc2cc3cc(C)cc(C)c3[nH]c2=O)c1. The minimum absolute atomic E-state index is 0.00261. The molecule has 0 radical (unpaired) electrons. The molecule has 0 bridgehead atoms. The Morgan fingerprint density at radius 1 is 1.12 bits per heavy atom. The highest BCUT2D eigenvalue weighted by Crippen LogP contribution is 2.19. The van der Waals surface area contributed by atoms with Gasteiger partial charge >= 0.3 is 0 Å². The van der Waals surface area contributed by atoms with Crippen molar-refractivity contribution in [3.05, 3.63) is 74.8 Å². The number of fused-ring (bicyclic) bond motifs is 1. The zero-order chi connectivity index (χ0) is 18.8. The third-order valence-corrected chi connectivity index (χ3v) is 5.02. The van der Waals surface area contributed by atoms with E-state index in [0.29, 0.717) is 12.6 Å². The Labute approximate surface area is 154 Å². The molecule has 3 aromatic rings. The average molecular weight is 349 g/mol. The molecule has 0 saturated heterocycles. The second kappa shape index (κ2) is 7.42. The van der Waals surface area contributed by atoms with Gasteiger partial charge in [-0.2, -0.15) is 0 Å². The molecule has 0 aliphatic rings. The molecular formula is C22H27N3O. The number of hydrogen-bond acceptors (Lipinski definition) is 3. The fourth-order valence-corrected chi connectivity index (χ4v) is 3.44. The lowest BCUT2D eigenvalue weighted by Crippen LogP contribution is -2.32. The third-order valence-electron chi connectivity index (χ3n) is 5.02. The number of nitrogens with zero attached hydrogens (tertiary/aromatic N) is 2. The molecule has 1 atom stereocenters. The Kier molecular flexibility index (Phi) is 5.23. The van der Waals surface area contributed by atoms with Gasteiger partial charge in [-0.25, -0.2) is 0 Å². The molecule has 4 nitrogen and oxygen atoms in total. The van der Waals surface area contributed by atoms with Crippen LogP contribution in [0, 0.1) is 20.8 Å². The number of nitrogens with one attached hydrogen (secondary N) is 1. The number of H-pyrrole nitrogens is 1. The first kappa shape index (κ1) is 18.3. The summed E-state index contributed by atoms with van der Waals surface area (Å²) in [5, 5.41) is 1.10. The second-order valence-electron chi connectivity index (χ2n) is 7.46. The van der Waals surface area contributed by atoms with Crippen LogP contribution in [0.25, 0.3) is 10.9 Å². The van der Waals surface area contributed by atoms with Gasteiger partial charge in [-0.05, 0) is 75.5 Å². The van der Waals surface area contributed by atoms with Gasteiger partial charge < -0.3 is 4.98 Å². The quantitative estimate of drug-likeness (QED) is 0.760. The van der Waals surface area contributed by atoms with E-state index in [0.717, 1.165) is 34.1 Å². The summed E-state index contributed by atoms with van der Waals surface area (Å²) in [6.45, 7) is 8.99. The Morgan fingerprint density at radius 3 is 2.62 bits per heavy atom. The van der Waals surface area contributed by atoms with Crippen LogP contribution in [0.1, 0.15) is 34.9 Å². The topological polar surface area (TPSA) is 49.0 Å². The van der Waals surface area contributed by atoms with Crippen LogP contribution < -0.4 is 5.56 Å². The van der Waals surface area contributed by atoms with Gasteiger partial charge in [0.05, 0.1) is 5.52 Å². The van der Waals surface area contributed by atoms with Crippen LogP contribution in [0.15, 0.2) is 41.3 Å². The van der Waals surface area contributed by atoms with Crippen molar-refractivity contribution < 1.29 is 0 Å². The van der Waals surface area contributed by atoms with E-state index in [1.165, 1.54) is 11.1 Å². The molecule has 136 valence electrons. The zero-order valence-electron chi connectivity index (χ0n) is 16.3. The summed E-state index contributed by atoms with van der Waals surface area (Å²) in [4.78, 5) is 22.3. The van der Waals surface area contributed by atoms with E-state index in [2.05, 4.69) is 60.9 Å². The van der Waals surface area contributed by atoms with Gasteiger partial charge in [0.15, 0.2) is 0 Å². The van der Waals surface area contributed by atoms with E-state index < -0.39 is 0 Å². The summed E-state index contributed by atoms with van der Waals surface area (Å²) in [7, 11) is 2.06. The van der Waals surface area contributed by atoms with Gasteiger partial charge in [-0.15, -0.1) is 0 Å². The van der Waals surface area contributed by atoms with Crippen LogP contribution in [-0.2, 0) is 13.0 Å². The molecule has 2 aromatic heterocycles. The van der Waals surface area contributed by atoms with Crippen LogP contribution in [-0.4, -0.2) is 28.0 Å². The summed E-state index contributed by atoms with van der Waals surface area (Å²) in [6, 6.07) is 10.7. The lowest BCUT2D eigenvalue weighted by atomic mass is 10.0. The highest BCUT2D eigenvalue weighted by Gasteiger charge is 2.14. The molecule has 4 heteroatoms. The molecule has 0 unspecified atom stereocenters. The van der Waals surface area contributed by atoms with Crippen molar-refractivity contribution in [1.29, 1.82) is 0 Å². The Balaban J connectivity index is 1.81. The summed E-state index contributed by atoms with van der Waals surface area (Å²) >= 11 is 0. The molecule has 0 amide bonds. The van der Waals surface area contributed by atoms with Crippen molar-refractivity contribution in [2.24, 2.45) is 0 Å². The van der Waals surface area contributed by atoms with E-state index in [4.69, 9.17) is 0 Å². The maximum atomic E-state index is 12.5. The molecule has 1 aromatic carbocycles. The molecule has 0 saturated carbocycles. The van der Waals surface area contributed by atoms with E-state index >= 15 is 0 Å². The van der Waals surface area contributed by atoms with E-state index in [-0.39, 0.29) is 5.56 Å². The number of aromatic amines is 1. The number of aromatic nitrogens is 2. The Hall–Kier alpha value is -2.46. The van der Waals surface area contributed by atoms with Crippen LogP contribution in [0.2, 0.25) is 0 Å². The van der Waals surface area contributed by atoms with Crippen LogP contribution >= 0.6 is 0 Å². The summed E-state index contributed by atoms with van der Waals surface area (Å²) in [6.07, 6.45) is 2.72. The fourth-order valence-electron chi connectivity index (χ4n) is 3.44. The maximum Gasteiger partial charge on any atom is 0.252 e. The number of pyridine rings is 2. The average Bonchev–Trinajstić information content (AvgIpc) is 2.56. The molecule has 0 aliphatic carbocycles. The van der Waals surface area contributed by atoms with Crippen molar-refractivity contribution in [3.63, 3.8) is 0 Å². The molecule has 1 N–H and O–H groups in total. The minimum Gasteiger partial charge on any atom is -0.321 e. The van der Waals surface area contributed by atoms with E-state index in [1.807, 2.05) is 25.3 Å². The van der Waals surface area contributed by atoms with Crippen molar-refractivity contribution in [2.75, 3.05) is 7.05 Å². The van der Waals surface area contributed by atoms with Crippen molar-refractivity contribution in [3.8, 4) is 0 Å². The number of likely N-dealkylation sites (N-methyl/N-ethyl adjacent to an activating group) is 1. The van der Waals surface area contributed by atoms with Gasteiger partial charge in [-0.3, -0.25) is 14.7 Å². The van der Waals surface area contributed by atoms with E-state index in [9.17, 15) is 4.79 Å². The first-order valence-electron chi connectivity index (χ1n) is 9.08. The molecule has 3 rings (SSSR count). The monoisotopic (exact) mass is 349 g/mol. The molecule has 2 heterocycles. The van der Waals surface area contributed by atoms with Crippen molar-refractivity contribution in [2.45, 2.75) is 46.7 Å². The summed E-state index contributed by atoms with van der Waals surface area (Å²) in [5.41, 5.74) is 6.36. The molecule has 0 spiro atoms. The van der Waals surface area contributed by atoms with Crippen LogP contribution in [0.5, 0.6) is 0 Å². The molecule has 26 heavy (non-hydrogen) atoms. The third kappa shape index (κ3) is 4.02. The maximum absolute atomic E-state index is 12.5. The first-order chi connectivity index (χ1) is 12.3. The summed E-state index contributed by atoms with van der Waals surface area (Å²) < 4.78 is 0. The van der Waals surface area contributed by atoms with Crippen molar-refractivity contribution in [1.82, 2.24) is 14.9 Å². The number of rotatable bonds is 5. The van der Waals surface area contributed by atoms with E-state index in [1.54, 1.807) is 0 Å². The minimum atomic E-state index is -0.00261. The van der Waals surface area contributed by atoms with Gasteiger partial charge in [0, 0.05) is 36.5 Å². The van der Waals surface area contributed by atoms with Gasteiger partial charge in [0.1, 0.15) is 0 Å². The zero-order valence-corrected chi connectivity index (χ0v) is 16.3. The highest BCUT2D eigenvalue weighted by molar-refractivity contribution is 5.82. The Bertz CT molecular complexity index is 990. The van der Waals surface area contributed by atoms with Crippen LogP contribution in [0.3, 0.4) is 0 Å². The Morgan fingerprint density at radius 2 is 1.88 bits per heavy atom. The van der Waals surface area contributed by atoms with Gasteiger partial charge in [-0.1, -0.05) is 11.6 Å². The fraction of sp³-hybridized carbons (Fsp3) is 0.364. The van der Waals surface area contributed by atoms with Gasteiger partial charge in [0.25, 0.3) is 5.56 Å². The summed E-state index contributed by atoms with van der Waals surface area (Å²) in [5.74, 6) is 0. The predicted octanol–water partition coefficient (Wildman–Crippen LogP) is 3.91. The lowest BCUT2D eigenvalue weighted by Gasteiger charge is -2.24. The van der Waals surface area contributed by atoms with Crippen molar-refractivity contribution >= 4 is 10.9 Å². The molecule has 0 aliphatic heterocycles. The second-order valence-corrected chi connectivity index (χ2v) is 7.46. The van der Waals surface area contributed by atoms with Crippen LogP contribution in [0.4, 0.5) is 0 Å². The lowest BCUT2D eigenvalue weighted by molar-refractivity contribution is 0.246. The number of hydrogen-bond donors (Lipinski definition) is 1.